The predicted octanol–water partition coefficient (Wildman–Crippen LogP) is 10.5. The Labute approximate surface area is 370 Å². The summed E-state index contributed by atoms with van der Waals surface area (Å²) >= 11 is 0. The van der Waals surface area contributed by atoms with Crippen LogP contribution in [0.5, 0.6) is 0 Å². The van der Waals surface area contributed by atoms with Gasteiger partial charge in [0, 0.05) is 13.0 Å². The summed E-state index contributed by atoms with van der Waals surface area (Å²) in [6, 6.07) is 0. The summed E-state index contributed by atoms with van der Waals surface area (Å²) in [5, 5.41) is 50.2. The standard InChI is InChI=1S/C48H91O12P/c1-3-5-7-9-11-13-15-17-18-19-20-21-22-23-24-25-27-29-31-33-35-37-42(49)59-41(39-57-38-36-34-32-30-28-26-16-14-12-10-8-6-4-2)40-58-61(55,56)60-48-46(53)44(51)43(50)45(52)47(48)54/h12,14,19-20,41,43-48,50-54H,3-11,13,15-18,21-40H2,1-2H3,(H,55,56)/b14-12-,20-19-. The van der Waals surface area contributed by atoms with E-state index >= 15 is 0 Å². The van der Waals surface area contributed by atoms with Gasteiger partial charge < -0.3 is 39.9 Å². The molecule has 0 bridgehead atoms. The molecule has 1 aliphatic rings. The number of aliphatic hydroxyl groups is 5. The molecule has 1 rings (SSSR count). The highest BCUT2D eigenvalue weighted by atomic mass is 31.2. The second kappa shape index (κ2) is 39.2. The van der Waals surface area contributed by atoms with Gasteiger partial charge in [0.25, 0.3) is 0 Å². The lowest BCUT2D eigenvalue weighted by Gasteiger charge is -2.41. The summed E-state index contributed by atoms with van der Waals surface area (Å²) in [4.78, 5) is 23.2. The molecule has 0 amide bonds. The fourth-order valence-corrected chi connectivity index (χ4v) is 8.55. The third-order valence-electron chi connectivity index (χ3n) is 11.5. The lowest BCUT2D eigenvalue weighted by molar-refractivity contribution is -0.220. The third kappa shape index (κ3) is 31.4. The van der Waals surface area contributed by atoms with Crippen molar-refractivity contribution >= 4 is 13.8 Å². The van der Waals surface area contributed by atoms with Gasteiger partial charge in [0.1, 0.15) is 42.7 Å². The van der Waals surface area contributed by atoms with Crippen molar-refractivity contribution in [2.24, 2.45) is 0 Å². The van der Waals surface area contributed by atoms with Gasteiger partial charge in [-0.25, -0.2) is 4.57 Å². The van der Waals surface area contributed by atoms with E-state index in [4.69, 9.17) is 18.5 Å². The molecule has 0 radical (unpaired) electrons. The number of hydrogen-bond acceptors (Lipinski definition) is 11. The van der Waals surface area contributed by atoms with Crippen molar-refractivity contribution in [3.8, 4) is 0 Å². The molecule has 0 saturated heterocycles. The van der Waals surface area contributed by atoms with Crippen LogP contribution >= 0.6 is 7.82 Å². The minimum Gasteiger partial charge on any atom is -0.457 e. The average Bonchev–Trinajstić information content (AvgIpc) is 3.24. The zero-order valence-electron chi connectivity index (χ0n) is 38.5. The lowest BCUT2D eigenvalue weighted by atomic mass is 9.85. The Morgan fingerprint density at radius 2 is 0.869 bits per heavy atom. The summed E-state index contributed by atoms with van der Waals surface area (Å²) in [7, 11) is -5.02. The first-order valence-corrected chi connectivity index (χ1v) is 26.2. The molecule has 360 valence electrons. The van der Waals surface area contributed by atoms with Gasteiger partial charge in [0.2, 0.25) is 0 Å². The summed E-state index contributed by atoms with van der Waals surface area (Å²) in [5.74, 6) is -0.480. The van der Waals surface area contributed by atoms with Crippen molar-refractivity contribution in [2.45, 2.75) is 256 Å². The van der Waals surface area contributed by atoms with Crippen molar-refractivity contribution in [2.75, 3.05) is 19.8 Å². The Hall–Kier alpha value is -1.18. The number of carbonyl (C=O) groups is 1. The molecule has 0 heterocycles. The van der Waals surface area contributed by atoms with Crippen LogP contribution in [0.25, 0.3) is 0 Å². The molecule has 0 aromatic carbocycles. The number of unbranched alkanes of at least 4 members (excludes halogenated alkanes) is 26. The topological polar surface area (TPSA) is 192 Å². The Kier molecular flexibility index (Phi) is 37.2. The van der Waals surface area contributed by atoms with Gasteiger partial charge in [-0.05, 0) is 64.2 Å². The summed E-state index contributed by atoms with van der Waals surface area (Å²) in [6.07, 6.45) is 32.5. The van der Waals surface area contributed by atoms with Crippen LogP contribution in [0, 0.1) is 0 Å². The molecule has 0 spiro atoms. The maximum absolute atomic E-state index is 12.8. The highest BCUT2D eigenvalue weighted by molar-refractivity contribution is 7.47. The Bertz CT molecular complexity index is 1110. The van der Waals surface area contributed by atoms with E-state index in [1.807, 2.05) is 0 Å². The minimum absolute atomic E-state index is 0.0791. The van der Waals surface area contributed by atoms with Gasteiger partial charge in [0.05, 0.1) is 13.2 Å². The second-order valence-electron chi connectivity index (χ2n) is 17.3. The van der Waals surface area contributed by atoms with Crippen LogP contribution in [0.3, 0.4) is 0 Å². The van der Waals surface area contributed by atoms with Crippen molar-refractivity contribution in [3.63, 3.8) is 0 Å². The van der Waals surface area contributed by atoms with Gasteiger partial charge in [-0.1, -0.05) is 167 Å². The SMILES string of the molecule is CCCCC/C=C\CCCCCCCCOCC(COP(=O)(O)OC1C(O)C(O)C(O)C(O)C1O)OC(=O)CCCCCCCCCCC/C=C\CCCCCCCCCC. The number of allylic oxidation sites excluding steroid dienone is 4. The zero-order valence-corrected chi connectivity index (χ0v) is 39.4. The minimum atomic E-state index is -5.02. The van der Waals surface area contributed by atoms with Crippen molar-refractivity contribution in [1.29, 1.82) is 0 Å². The van der Waals surface area contributed by atoms with E-state index in [1.165, 1.54) is 135 Å². The van der Waals surface area contributed by atoms with Crippen LogP contribution in [-0.2, 0) is 27.9 Å². The molecule has 6 atom stereocenters. The first kappa shape index (κ1) is 57.8. The number of rotatable bonds is 42. The van der Waals surface area contributed by atoms with E-state index in [2.05, 4.69) is 38.2 Å². The normalized spacial score (nSPS) is 22.3. The van der Waals surface area contributed by atoms with Crippen molar-refractivity contribution in [3.05, 3.63) is 24.3 Å². The fraction of sp³-hybridized carbons (Fsp3) is 0.896. The molecule has 0 aromatic heterocycles. The van der Waals surface area contributed by atoms with Gasteiger partial charge in [0.15, 0.2) is 0 Å². The van der Waals surface area contributed by atoms with Crippen LogP contribution in [-0.4, -0.2) is 98.9 Å². The van der Waals surface area contributed by atoms with Crippen LogP contribution in [0.1, 0.15) is 213 Å². The lowest BCUT2D eigenvalue weighted by Crippen LogP contribution is -2.64. The van der Waals surface area contributed by atoms with Crippen LogP contribution in [0.2, 0.25) is 0 Å². The van der Waals surface area contributed by atoms with Crippen LogP contribution in [0.15, 0.2) is 24.3 Å². The molecule has 1 saturated carbocycles. The summed E-state index contributed by atoms with van der Waals surface area (Å²) in [6.45, 7) is 4.24. The molecule has 6 unspecified atom stereocenters. The van der Waals surface area contributed by atoms with Crippen LogP contribution < -0.4 is 0 Å². The number of phosphoric acid groups is 1. The van der Waals surface area contributed by atoms with E-state index in [0.29, 0.717) is 13.0 Å². The summed E-state index contributed by atoms with van der Waals surface area (Å²) in [5.41, 5.74) is 0. The molecule has 13 heteroatoms. The first-order valence-electron chi connectivity index (χ1n) is 24.7. The highest BCUT2D eigenvalue weighted by Gasteiger charge is 2.51. The molecule has 6 N–H and O–H groups in total. The highest BCUT2D eigenvalue weighted by Crippen LogP contribution is 2.47. The van der Waals surface area contributed by atoms with Crippen molar-refractivity contribution < 1.29 is 58.3 Å². The number of ether oxygens (including phenoxy) is 2. The number of aliphatic hydroxyl groups excluding tert-OH is 5. The monoisotopic (exact) mass is 891 g/mol. The number of esters is 1. The smallest absolute Gasteiger partial charge is 0.457 e. The fourth-order valence-electron chi connectivity index (χ4n) is 7.58. The van der Waals surface area contributed by atoms with Gasteiger partial charge in [-0.2, -0.15) is 0 Å². The molecule has 0 aliphatic heterocycles. The van der Waals surface area contributed by atoms with E-state index < -0.39 is 63.1 Å². The Morgan fingerprint density at radius 1 is 0.508 bits per heavy atom. The van der Waals surface area contributed by atoms with Gasteiger partial charge in [-0.3, -0.25) is 13.8 Å². The molecule has 1 fully saturated rings. The Balaban J connectivity index is 2.34. The summed E-state index contributed by atoms with van der Waals surface area (Å²) < 4.78 is 34.2. The predicted molar refractivity (Wildman–Crippen MR) is 244 cm³/mol. The third-order valence-corrected chi connectivity index (χ3v) is 12.5. The largest absolute Gasteiger partial charge is 0.472 e. The van der Waals surface area contributed by atoms with E-state index in [-0.39, 0.29) is 13.0 Å². The number of phosphoric ester groups is 1. The van der Waals surface area contributed by atoms with Crippen molar-refractivity contribution in [1.82, 2.24) is 0 Å². The van der Waals surface area contributed by atoms with Crippen LogP contribution in [0.4, 0.5) is 0 Å². The van der Waals surface area contributed by atoms with Gasteiger partial charge >= 0.3 is 13.8 Å². The maximum Gasteiger partial charge on any atom is 0.472 e. The first-order chi connectivity index (χ1) is 29.5. The molecule has 1 aliphatic carbocycles. The van der Waals surface area contributed by atoms with E-state index in [9.17, 15) is 39.8 Å². The van der Waals surface area contributed by atoms with E-state index in [1.54, 1.807) is 0 Å². The molecule has 0 aromatic rings. The maximum atomic E-state index is 12.8. The Morgan fingerprint density at radius 3 is 1.33 bits per heavy atom. The quantitative estimate of drug-likeness (QED) is 0.0147. The number of carbonyl (C=O) groups excluding carboxylic acids is 1. The van der Waals surface area contributed by atoms with E-state index in [0.717, 1.165) is 51.4 Å². The molecule has 61 heavy (non-hydrogen) atoms. The number of hydrogen-bond donors (Lipinski definition) is 6. The average molecular weight is 891 g/mol. The second-order valence-corrected chi connectivity index (χ2v) is 18.7. The molecular formula is C48H91O12P. The van der Waals surface area contributed by atoms with Gasteiger partial charge in [-0.15, -0.1) is 0 Å². The molecule has 12 nitrogen and oxygen atoms in total. The zero-order chi connectivity index (χ0) is 44.8. The molecular weight excluding hydrogens is 799 g/mol.